The van der Waals surface area contributed by atoms with Gasteiger partial charge in [-0.05, 0) is 104 Å². The summed E-state index contributed by atoms with van der Waals surface area (Å²) < 4.78 is 58.1. The summed E-state index contributed by atoms with van der Waals surface area (Å²) in [6.07, 6.45) is 2.36. The van der Waals surface area contributed by atoms with E-state index in [1.165, 1.54) is 12.1 Å². The molecule has 57 heavy (non-hydrogen) atoms. The Labute approximate surface area is 333 Å². The van der Waals surface area contributed by atoms with E-state index < -0.39 is 28.9 Å². The van der Waals surface area contributed by atoms with Gasteiger partial charge in [0, 0.05) is 52.4 Å². The lowest BCUT2D eigenvalue weighted by molar-refractivity contribution is 0.0209. The molecule has 2 unspecified atom stereocenters. The quantitative estimate of drug-likeness (QED) is 0.202. The first-order valence-electron chi connectivity index (χ1n) is 19.4. The molecular formula is C41H47F2N7O6S. The molecule has 0 aliphatic carbocycles. The van der Waals surface area contributed by atoms with Crippen LogP contribution in [-0.2, 0) is 27.4 Å². The molecule has 4 aliphatic heterocycles. The predicted molar refractivity (Wildman–Crippen MR) is 212 cm³/mol. The molecule has 16 heteroatoms. The molecule has 4 aromatic rings. The number of rotatable bonds is 6. The standard InChI is InChI=1S/C41H47F2N7O6S/c1-40(2,3)55-38(51)47-36-24(15-44)29-28(57-36)13-12-27(42)32(29)30-25-19-53-20-26(25)31-34(33(30)43)45-37(54-18-23-9-8-14-48(23)7)46-35(31)50-21-10-11-22(50)17-49(16-21)39(52)56-41(4,5)6/h12-13,21-23H,8-11,14,16-20H2,1-7H3,(H,47,51)/t21?,22?,23-/m0/s1. The smallest absolute Gasteiger partial charge is 0.412 e. The van der Waals surface area contributed by atoms with Gasteiger partial charge in [-0.1, -0.05) is 0 Å². The fourth-order valence-electron chi connectivity index (χ4n) is 8.59. The Morgan fingerprint density at radius 3 is 2.33 bits per heavy atom. The molecule has 1 N–H and O–H groups in total. The average molecular weight is 804 g/mol. The van der Waals surface area contributed by atoms with E-state index in [0.717, 1.165) is 43.6 Å². The summed E-state index contributed by atoms with van der Waals surface area (Å²) in [7, 11) is 2.04. The summed E-state index contributed by atoms with van der Waals surface area (Å²) >= 11 is 1.07. The lowest BCUT2D eigenvalue weighted by Gasteiger charge is -2.42. The molecule has 2 amide bonds. The minimum Gasteiger partial charge on any atom is -0.462 e. The molecular weight excluding hydrogens is 757 g/mol. The van der Waals surface area contributed by atoms with E-state index >= 15 is 8.78 Å². The molecule has 302 valence electrons. The number of likely N-dealkylation sites (N-methyl/N-ethyl adjacent to an activating group) is 1. The van der Waals surface area contributed by atoms with Crippen molar-refractivity contribution in [2.45, 2.75) is 110 Å². The number of carbonyl (C=O) groups is 2. The van der Waals surface area contributed by atoms with Gasteiger partial charge in [0.1, 0.15) is 46.0 Å². The maximum atomic E-state index is 17.8. The number of hydrogen-bond acceptors (Lipinski definition) is 12. The zero-order chi connectivity index (χ0) is 40.6. The Morgan fingerprint density at radius 2 is 1.68 bits per heavy atom. The van der Waals surface area contributed by atoms with Crippen LogP contribution in [0.25, 0.3) is 32.1 Å². The number of likely N-dealkylation sites (tertiary alicyclic amines) is 2. The first-order valence-corrected chi connectivity index (χ1v) is 20.2. The molecule has 0 spiro atoms. The predicted octanol–water partition coefficient (Wildman–Crippen LogP) is 8.10. The van der Waals surface area contributed by atoms with Gasteiger partial charge in [0.2, 0.25) is 0 Å². The molecule has 2 aromatic carbocycles. The van der Waals surface area contributed by atoms with Crippen LogP contribution in [0.3, 0.4) is 0 Å². The van der Waals surface area contributed by atoms with Crippen LogP contribution in [0, 0.1) is 23.0 Å². The Balaban J connectivity index is 1.29. The van der Waals surface area contributed by atoms with Crippen LogP contribution < -0.4 is 15.0 Å². The number of nitrogens with zero attached hydrogens (tertiary/aromatic N) is 6. The SMILES string of the molecule is CN1CCC[C@H]1COc1nc(N2C3CCC2CN(C(=O)OC(C)(C)C)C3)c2c3c(c(-c4c(F)ccc5sc(NC(=O)OC(C)(C)C)c(C#N)c45)c(F)c2n1)COC3. The van der Waals surface area contributed by atoms with Crippen LogP contribution in [0.4, 0.5) is 29.2 Å². The summed E-state index contributed by atoms with van der Waals surface area (Å²) in [5.74, 6) is -1.07. The number of anilines is 2. The first kappa shape index (κ1) is 39.0. The zero-order valence-electron chi connectivity index (χ0n) is 33.3. The fraction of sp³-hybridized carbons (Fsp3) is 0.537. The number of ether oxygens (including phenoxy) is 4. The van der Waals surface area contributed by atoms with Crippen LogP contribution in [0.5, 0.6) is 6.01 Å². The summed E-state index contributed by atoms with van der Waals surface area (Å²) in [4.78, 5) is 41.9. The highest BCUT2D eigenvalue weighted by molar-refractivity contribution is 7.23. The lowest BCUT2D eigenvalue weighted by Crippen LogP contribution is -2.56. The molecule has 8 rings (SSSR count). The molecule has 0 saturated carbocycles. The van der Waals surface area contributed by atoms with Crippen molar-refractivity contribution >= 4 is 55.3 Å². The first-order chi connectivity index (χ1) is 27.0. The number of fused-ring (bicyclic) bond motifs is 6. The van der Waals surface area contributed by atoms with Crippen LogP contribution in [-0.4, -0.2) is 94.6 Å². The molecule has 4 aliphatic rings. The monoisotopic (exact) mass is 803 g/mol. The Morgan fingerprint density at radius 1 is 0.982 bits per heavy atom. The second kappa shape index (κ2) is 14.5. The zero-order valence-corrected chi connectivity index (χ0v) is 34.1. The van der Waals surface area contributed by atoms with Gasteiger partial charge in [0.25, 0.3) is 0 Å². The van der Waals surface area contributed by atoms with Gasteiger partial charge >= 0.3 is 18.2 Å². The van der Waals surface area contributed by atoms with Gasteiger partial charge in [0.05, 0.1) is 24.2 Å². The van der Waals surface area contributed by atoms with Gasteiger partial charge in [-0.15, -0.1) is 11.3 Å². The van der Waals surface area contributed by atoms with E-state index in [-0.39, 0.29) is 76.0 Å². The number of aromatic nitrogens is 2. The summed E-state index contributed by atoms with van der Waals surface area (Å²) in [6, 6.07) is 4.70. The number of amides is 2. The third-order valence-electron chi connectivity index (χ3n) is 11.0. The third kappa shape index (κ3) is 7.29. The summed E-state index contributed by atoms with van der Waals surface area (Å²) in [5, 5.41) is 13.8. The number of thiophene rings is 1. The van der Waals surface area contributed by atoms with Gasteiger partial charge in [-0.3, -0.25) is 5.32 Å². The van der Waals surface area contributed by atoms with Gasteiger partial charge in [-0.2, -0.15) is 15.2 Å². The average Bonchev–Trinajstić information content (AvgIpc) is 3.91. The molecule has 13 nitrogen and oxygen atoms in total. The highest BCUT2D eigenvalue weighted by Crippen LogP contribution is 2.49. The number of carbonyl (C=O) groups excluding carboxylic acids is 2. The van der Waals surface area contributed by atoms with Crippen LogP contribution in [0.15, 0.2) is 12.1 Å². The van der Waals surface area contributed by atoms with Gasteiger partial charge in [-0.25, -0.2) is 18.4 Å². The number of piperazine rings is 1. The third-order valence-corrected chi connectivity index (χ3v) is 12.1. The van der Waals surface area contributed by atoms with Crippen molar-refractivity contribution in [3.8, 4) is 23.2 Å². The number of hydrogen-bond donors (Lipinski definition) is 1. The van der Waals surface area contributed by atoms with E-state index in [1.807, 2.05) is 27.8 Å². The normalized spacial score (nSPS) is 20.9. The van der Waals surface area contributed by atoms with Crippen molar-refractivity contribution in [2.24, 2.45) is 0 Å². The summed E-state index contributed by atoms with van der Waals surface area (Å²) in [6.45, 7) is 12.7. The van der Waals surface area contributed by atoms with Crippen LogP contribution >= 0.6 is 11.3 Å². The van der Waals surface area contributed by atoms with Gasteiger partial charge in [0.15, 0.2) is 5.82 Å². The van der Waals surface area contributed by atoms with Crippen LogP contribution in [0.1, 0.15) is 83.9 Å². The second-order valence-corrected chi connectivity index (χ2v) is 18.4. The number of benzene rings is 2. The molecule has 6 heterocycles. The van der Waals surface area contributed by atoms with Crippen molar-refractivity contribution in [2.75, 3.05) is 43.5 Å². The molecule has 3 atom stereocenters. The number of halogens is 2. The number of nitrogens with one attached hydrogen (secondary N) is 1. The minimum atomic E-state index is -0.804. The van der Waals surface area contributed by atoms with Crippen molar-refractivity contribution in [1.29, 1.82) is 5.26 Å². The van der Waals surface area contributed by atoms with E-state index in [0.29, 0.717) is 46.7 Å². The van der Waals surface area contributed by atoms with E-state index in [9.17, 15) is 14.9 Å². The van der Waals surface area contributed by atoms with Crippen molar-refractivity contribution < 1.29 is 37.3 Å². The van der Waals surface area contributed by atoms with E-state index in [4.69, 9.17) is 28.9 Å². The number of nitriles is 1. The highest BCUT2D eigenvalue weighted by Gasteiger charge is 2.45. The molecule has 3 fully saturated rings. The maximum Gasteiger partial charge on any atom is 0.412 e. The largest absolute Gasteiger partial charge is 0.462 e. The molecule has 0 radical (unpaired) electrons. The lowest BCUT2D eigenvalue weighted by atomic mass is 9.90. The Kier molecular flexibility index (Phi) is 9.93. The topological polar surface area (TPSA) is 142 Å². The maximum absolute atomic E-state index is 17.8. The summed E-state index contributed by atoms with van der Waals surface area (Å²) in [5.41, 5.74) is -0.683. The highest BCUT2D eigenvalue weighted by atomic mass is 32.1. The van der Waals surface area contributed by atoms with Crippen molar-refractivity contribution in [1.82, 2.24) is 19.8 Å². The van der Waals surface area contributed by atoms with Gasteiger partial charge < -0.3 is 33.6 Å². The molecule has 2 aromatic heterocycles. The van der Waals surface area contributed by atoms with Crippen LogP contribution in [0.2, 0.25) is 0 Å². The van der Waals surface area contributed by atoms with Crippen molar-refractivity contribution in [3.63, 3.8) is 0 Å². The van der Waals surface area contributed by atoms with E-state index in [2.05, 4.69) is 21.2 Å². The second-order valence-electron chi connectivity index (χ2n) is 17.3. The fourth-order valence-corrected chi connectivity index (χ4v) is 9.64. The molecule has 2 bridgehead atoms. The minimum absolute atomic E-state index is 0.00809. The van der Waals surface area contributed by atoms with Crippen molar-refractivity contribution in [3.05, 3.63) is 40.5 Å². The Bertz CT molecular complexity index is 2320. The Hall–Kier alpha value is -4.85. The molecule has 3 saturated heterocycles. The van der Waals surface area contributed by atoms with E-state index in [1.54, 1.807) is 25.7 Å².